The predicted octanol–water partition coefficient (Wildman–Crippen LogP) is 1.79. The topological polar surface area (TPSA) is 97.5 Å². The van der Waals surface area contributed by atoms with Gasteiger partial charge in [-0.15, -0.1) is 10.2 Å². The zero-order valence-electron chi connectivity index (χ0n) is 16.2. The van der Waals surface area contributed by atoms with E-state index in [1.165, 1.54) is 11.8 Å². The minimum absolute atomic E-state index is 0.00604. The Morgan fingerprint density at radius 3 is 2.64 bits per heavy atom. The molecular weight excluding hydrogens is 398 g/mol. The van der Waals surface area contributed by atoms with Gasteiger partial charge < -0.3 is 4.90 Å². The summed E-state index contributed by atoms with van der Waals surface area (Å²) in [6, 6.07) is 1.92. The van der Waals surface area contributed by atoms with Crippen LogP contribution >= 0.6 is 11.8 Å². The van der Waals surface area contributed by atoms with Crippen LogP contribution in [-0.2, 0) is 14.6 Å². The number of fused-ring (bicyclic) bond motifs is 1. The van der Waals surface area contributed by atoms with Gasteiger partial charge in [0.25, 0.3) is 5.78 Å². The number of carbonyl (C=O) groups excluding carboxylic acids is 1. The molecule has 0 bridgehead atoms. The fraction of sp³-hybridized carbons (Fsp3) is 0.667. The minimum atomic E-state index is -3.04. The third kappa shape index (κ3) is 3.89. The minimum Gasteiger partial charge on any atom is -0.335 e. The van der Waals surface area contributed by atoms with Crippen LogP contribution in [0.4, 0.5) is 0 Å². The molecule has 1 saturated carbocycles. The number of aryl methyl sites for hydroxylation is 2. The predicted molar refractivity (Wildman–Crippen MR) is 107 cm³/mol. The van der Waals surface area contributed by atoms with Crippen molar-refractivity contribution >= 4 is 33.3 Å². The number of hydrogen-bond donors (Lipinski definition) is 0. The summed E-state index contributed by atoms with van der Waals surface area (Å²) < 4.78 is 25.8. The first-order valence-electron chi connectivity index (χ1n) is 9.68. The van der Waals surface area contributed by atoms with Crippen molar-refractivity contribution in [3.63, 3.8) is 0 Å². The van der Waals surface area contributed by atoms with Gasteiger partial charge in [-0.05, 0) is 39.2 Å². The Labute approximate surface area is 169 Å². The summed E-state index contributed by atoms with van der Waals surface area (Å²) in [4.78, 5) is 19.4. The van der Waals surface area contributed by atoms with Crippen LogP contribution in [0.3, 0.4) is 0 Å². The van der Waals surface area contributed by atoms with E-state index in [0.29, 0.717) is 17.4 Å². The molecule has 1 unspecified atom stereocenters. The summed E-state index contributed by atoms with van der Waals surface area (Å²) in [6.45, 7) is 3.87. The average Bonchev–Trinajstić information content (AvgIpc) is 3.34. The van der Waals surface area contributed by atoms with Gasteiger partial charge in [-0.2, -0.15) is 0 Å². The van der Waals surface area contributed by atoms with Gasteiger partial charge in [0.15, 0.2) is 15.0 Å². The maximum absolute atomic E-state index is 13.1. The monoisotopic (exact) mass is 423 g/mol. The smallest absolute Gasteiger partial charge is 0.256 e. The van der Waals surface area contributed by atoms with Crippen LogP contribution in [0.1, 0.15) is 43.5 Å². The molecule has 2 fully saturated rings. The number of sulfone groups is 1. The van der Waals surface area contributed by atoms with Gasteiger partial charge in [0, 0.05) is 23.5 Å². The van der Waals surface area contributed by atoms with E-state index in [-0.39, 0.29) is 35.2 Å². The number of nitrogens with zero attached hydrogens (tertiary/aromatic N) is 5. The van der Waals surface area contributed by atoms with Crippen molar-refractivity contribution in [2.24, 2.45) is 0 Å². The van der Waals surface area contributed by atoms with Crippen LogP contribution in [0.2, 0.25) is 0 Å². The van der Waals surface area contributed by atoms with Crippen LogP contribution in [-0.4, -0.2) is 68.1 Å². The van der Waals surface area contributed by atoms with Crippen LogP contribution < -0.4 is 0 Å². The Hall–Kier alpha value is -1.68. The Morgan fingerprint density at radius 2 is 1.96 bits per heavy atom. The van der Waals surface area contributed by atoms with E-state index in [0.717, 1.165) is 37.1 Å². The van der Waals surface area contributed by atoms with Gasteiger partial charge in [-0.3, -0.25) is 9.20 Å². The Balaban J connectivity index is 1.52. The molecule has 152 valence electrons. The van der Waals surface area contributed by atoms with Gasteiger partial charge in [-0.1, -0.05) is 24.6 Å². The molecule has 0 radical (unpaired) electrons. The number of hydrogen-bond acceptors (Lipinski definition) is 7. The lowest BCUT2D eigenvalue weighted by Gasteiger charge is -2.34. The van der Waals surface area contributed by atoms with E-state index >= 15 is 0 Å². The standard InChI is InChI=1S/C18H25N5O3S2/c1-12-9-13(2)22-17(19-12)20-21-18(22)27-10-16(24)23(14-5-3-4-6-14)15-7-8-28(25,26)11-15/h9,14-15H,3-8,10-11H2,1-2H3. The summed E-state index contributed by atoms with van der Waals surface area (Å²) >= 11 is 1.34. The van der Waals surface area contributed by atoms with Crippen LogP contribution in [0, 0.1) is 13.8 Å². The van der Waals surface area contributed by atoms with Crippen molar-refractivity contribution in [2.45, 2.75) is 63.2 Å². The van der Waals surface area contributed by atoms with E-state index in [1.807, 2.05) is 29.2 Å². The SMILES string of the molecule is Cc1cc(C)n2c(SCC(=O)N(C3CCCC3)C3CCS(=O)(=O)C3)nnc2n1. The Bertz CT molecular complexity index is 998. The largest absolute Gasteiger partial charge is 0.335 e. The molecule has 0 N–H and O–H groups in total. The van der Waals surface area contributed by atoms with E-state index in [2.05, 4.69) is 15.2 Å². The van der Waals surface area contributed by atoms with Gasteiger partial charge in [0.05, 0.1) is 17.3 Å². The number of amides is 1. The summed E-state index contributed by atoms with van der Waals surface area (Å²) in [7, 11) is -3.04. The highest BCUT2D eigenvalue weighted by Crippen LogP contribution is 2.30. The van der Waals surface area contributed by atoms with Crippen molar-refractivity contribution in [1.82, 2.24) is 24.5 Å². The third-order valence-corrected chi connectivity index (χ3v) is 8.26. The quantitative estimate of drug-likeness (QED) is 0.676. The van der Waals surface area contributed by atoms with Gasteiger partial charge in [0.2, 0.25) is 5.91 Å². The first kappa shape index (κ1) is 19.6. The highest BCUT2D eigenvalue weighted by Gasteiger charge is 2.38. The fourth-order valence-electron chi connectivity index (χ4n) is 4.38. The number of rotatable bonds is 5. The molecule has 1 atom stereocenters. The molecule has 1 aliphatic carbocycles. The Kier molecular flexibility index (Phi) is 5.34. The molecule has 0 aromatic carbocycles. The second kappa shape index (κ2) is 7.62. The molecule has 2 aromatic heterocycles. The molecule has 1 saturated heterocycles. The van der Waals surface area contributed by atoms with Crippen LogP contribution in [0.15, 0.2) is 11.2 Å². The van der Waals surface area contributed by atoms with E-state index in [1.54, 1.807) is 0 Å². The van der Waals surface area contributed by atoms with Crippen molar-refractivity contribution in [1.29, 1.82) is 0 Å². The van der Waals surface area contributed by atoms with Gasteiger partial charge in [-0.25, -0.2) is 13.4 Å². The molecule has 0 spiro atoms. The third-order valence-electron chi connectivity index (χ3n) is 5.60. The molecule has 1 aliphatic heterocycles. The average molecular weight is 424 g/mol. The second-order valence-corrected chi connectivity index (χ2v) is 10.9. The molecule has 1 amide bonds. The maximum Gasteiger partial charge on any atom is 0.256 e. The highest BCUT2D eigenvalue weighted by molar-refractivity contribution is 7.99. The van der Waals surface area contributed by atoms with Crippen LogP contribution in [0.5, 0.6) is 0 Å². The van der Waals surface area contributed by atoms with Gasteiger partial charge >= 0.3 is 0 Å². The summed E-state index contributed by atoms with van der Waals surface area (Å²) in [5, 5.41) is 8.95. The first-order valence-corrected chi connectivity index (χ1v) is 12.5. The fourth-order valence-corrected chi connectivity index (χ4v) is 6.94. The molecule has 8 nitrogen and oxygen atoms in total. The Morgan fingerprint density at radius 1 is 1.21 bits per heavy atom. The molecule has 3 heterocycles. The lowest BCUT2D eigenvalue weighted by Crippen LogP contribution is -2.47. The second-order valence-electron chi connectivity index (χ2n) is 7.74. The molecule has 10 heteroatoms. The van der Waals surface area contributed by atoms with Crippen molar-refractivity contribution in [3.05, 3.63) is 17.5 Å². The van der Waals surface area contributed by atoms with Crippen LogP contribution in [0.25, 0.3) is 5.78 Å². The molecular formula is C18H25N5O3S2. The normalized spacial score (nSPS) is 22.1. The molecule has 4 rings (SSSR count). The van der Waals surface area contributed by atoms with Crippen molar-refractivity contribution in [2.75, 3.05) is 17.3 Å². The van der Waals surface area contributed by atoms with Crippen molar-refractivity contribution in [3.8, 4) is 0 Å². The molecule has 2 aliphatic rings. The van der Waals surface area contributed by atoms with Gasteiger partial charge in [0.1, 0.15) is 0 Å². The summed E-state index contributed by atoms with van der Waals surface area (Å²) in [6.07, 6.45) is 4.66. The first-order chi connectivity index (χ1) is 13.3. The zero-order valence-corrected chi connectivity index (χ0v) is 17.8. The lowest BCUT2D eigenvalue weighted by molar-refractivity contribution is -0.132. The molecule has 2 aromatic rings. The highest BCUT2D eigenvalue weighted by atomic mass is 32.2. The number of thioether (sulfide) groups is 1. The summed E-state index contributed by atoms with van der Waals surface area (Å²) in [5.41, 5.74) is 1.84. The van der Waals surface area contributed by atoms with E-state index in [4.69, 9.17) is 0 Å². The zero-order chi connectivity index (χ0) is 19.9. The number of aromatic nitrogens is 4. The molecule has 28 heavy (non-hydrogen) atoms. The lowest BCUT2D eigenvalue weighted by atomic mass is 10.1. The maximum atomic E-state index is 13.1. The van der Waals surface area contributed by atoms with E-state index < -0.39 is 9.84 Å². The van der Waals surface area contributed by atoms with E-state index in [9.17, 15) is 13.2 Å². The number of carbonyl (C=O) groups is 1. The van der Waals surface area contributed by atoms with Crippen molar-refractivity contribution < 1.29 is 13.2 Å². The summed E-state index contributed by atoms with van der Waals surface area (Å²) in [5.74, 6) is 1.02.